The average molecular weight is 477 g/mol. The molecular formula is C28H26F2N2O3. The molecule has 1 aliphatic heterocycles. The van der Waals surface area contributed by atoms with Gasteiger partial charge < -0.3 is 10.1 Å². The molecule has 1 aliphatic rings. The standard InChI is InChI=1S/C28H26F2N2O3/c1-2-35-28(34)22-15-16-32(17-19-7-4-3-5-8-19)18-23(22)20-11-13-21(14-12-20)31-27(33)26-24(29)9-6-10-25(26)30/h3-14H,2,15-18H2,1H3,(H,31,33). The maximum atomic E-state index is 13.9. The average Bonchev–Trinajstić information content (AvgIpc) is 2.85. The van der Waals surface area contributed by atoms with Crippen molar-refractivity contribution in [2.24, 2.45) is 0 Å². The van der Waals surface area contributed by atoms with Crippen LogP contribution < -0.4 is 5.32 Å². The first kappa shape index (κ1) is 24.3. The number of rotatable bonds is 7. The molecule has 0 fully saturated rings. The Hall–Kier alpha value is -3.84. The van der Waals surface area contributed by atoms with E-state index >= 15 is 0 Å². The fourth-order valence-electron chi connectivity index (χ4n) is 4.17. The van der Waals surface area contributed by atoms with Crippen LogP contribution in [-0.4, -0.2) is 36.5 Å². The molecule has 0 aliphatic carbocycles. The molecule has 0 radical (unpaired) electrons. The zero-order valence-corrected chi connectivity index (χ0v) is 19.4. The summed E-state index contributed by atoms with van der Waals surface area (Å²) in [5, 5.41) is 2.53. The second kappa shape index (κ2) is 11.1. The molecule has 1 amide bonds. The van der Waals surface area contributed by atoms with Gasteiger partial charge in [-0.25, -0.2) is 13.6 Å². The largest absolute Gasteiger partial charge is 0.463 e. The van der Waals surface area contributed by atoms with E-state index in [2.05, 4.69) is 22.3 Å². The Morgan fingerprint density at radius 3 is 2.29 bits per heavy atom. The minimum absolute atomic E-state index is 0.293. The third-order valence-corrected chi connectivity index (χ3v) is 5.88. The van der Waals surface area contributed by atoms with Crippen molar-refractivity contribution < 1.29 is 23.1 Å². The predicted octanol–water partition coefficient (Wildman–Crippen LogP) is 5.44. The van der Waals surface area contributed by atoms with E-state index in [4.69, 9.17) is 4.74 Å². The second-order valence-corrected chi connectivity index (χ2v) is 8.25. The van der Waals surface area contributed by atoms with Gasteiger partial charge in [-0.05, 0) is 54.3 Å². The molecular weight excluding hydrogens is 450 g/mol. The second-order valence-electron chi connectivity index (χ2n) is 8.25. The number of anilines is 1. The van der Waals surface area contributed by atoms with Gasteiger partial charge in [-0.2, -0.15) is 0 Å². The molecule has 0 spiro atoms. The normalized spacial score (nSPS) is 14.0. The van der Waals surface area contributed by atoms with Gasteiger partial charge in [-0.1, -0.05) is 48.5 Å². The van der Waals surface area contributed by atoms with Crippen molar-refractivity contribution in [2.75, 3.05) is 25.0 Å². The van der Waals surface area contributed by atoms with Gasteiger partial charge in [0.1, 0.15) is 17.2 Å². The Morgan fingerprint density at radius 1 is 0.943 bits per heavy atom. The molecule has 0 unspecified atom stereocenters. The van der Waals surface area contributed by atoms with Gasteiger partial charge >= 0.3 is 5.97 Å². The van der Waals surface area contributed by atoms with E-state index in [9.17, 15) is 18.4 Å². The number of hydrogen-bond donors (Lipinski definition) is 1. The lowest BCUT2D eigenvalue weighted by Crippen LogP contribution is -2.33. The number of nitrogens with zero attached hydrogens (tertiary/aromatic N) is 1. The van der Waals surface area contributed by atoms with Gasteiger partial charge in [-0.15, -0.1) is 0 Å². The van der Waals surface area contributed by atoms with Crippen LogP contribution in [0, 0.1) is 11.6 Å². The summed E-state index contributed by atoms with van der Waals surface area (Å²) >= 11 is 0. The Labute approximate surface area is 203 Å². The van der Waals surface area contributed by atoms with Crippen LogP contribution in [0.1, 0.15) is 34.8 Å². The number of nitrogens with one attached hydrogen (secondary N) is 1. The Balaban J connectivity index is 1.56. The van der Waals surface area contributed by atoms with Crippen molar-refractivity contribution in [3.8, 4) is 0 Å². The number of carbonyl (C=O) groups excluding carboxylic acids is 2. The van der Waals surface area contributed by atoms with Crippen LogP contribution in [0.3, 0.4) is 0 Å². The van der Waals surface area contributed by atoms with Gasteiger partial charge in [-0.3, -0.25) is 9.69 Å². The molecule has 0 atom stereocenters. The summed E-state index contributed by atoms with van der Waals surface area (Å²) in [6.45, 7) is 4.12. The Bertz CT molecular complexity index is 1220. The van der Waals surface area contributed by atoms with Crippen LogP contribution in [0.2, 0.25) is 0 Å². The number of halogens is 2. The topological polar surface area (TPSA) is 58.6 Å². The van der Waals surface area contributed by atoms with Crippen LogP contribution >= 0.6 is 0 Å². The van der Waals surface area contributed by atoms with Gasteiger partial charge in [0.05, 0.1) is 6.61 Å². The number of hydrogen-bond acceptors (Lipinski definition) is 4. The number of esters is 1. The van der Waals surface area contributed by atoms with Crippen molar-refractivity contribution in [1.82, 2.24) is 4.90 Å². The highest BCUT2D eigenvalue weighted by atomic mass is 19.1. The quantitative estimate of drug-likeness (QED) is 0.462. The third-order valence-electron chi connectivity index (χ3n) is 5.88. The third kappa shape index (κ3) is 5.81. The molecule has 180 valence electrons. The minimum atomic E-state index is -0.927. The molecule has 0 saturated heterocycles. The van der Waals surface area contributed by atoms with E-state index in [0.29, 0.717) is 30.8 Å². The maximum absolute atomic E-state index is 13.9. The van der Waals surface area contributed by atoms with Gasteiger partial charge in [0.15, 0.2) is 0 Å². The van der Waals surface area contributed by atoms with Crippen LogP contribution in [0.15, 0.2) is 78.4 Å². The molecule has 0 aromatic heterocycles. The fraction of sp³-hybridized carbons (Fsp3) is 0.214. The molecule has 4 rings (SSSR count). The van der Waals surface area contributed by atoms with E-state index in [0.717, 1.165) is 36.4 Å². The lowest BCUT2D eigenvalue weighted by molar-refractivity contribution is -0.138. The van der Waals surface area contributed by atoms with Crippen LogP contribution in [0.5, 0.6) is 0 Å². The minimum Gasteiger partial charge on any atom is -0.463 e. The van der Waals surface area contributed by atoms with E-state index in [-0.39, 0.29) is 5.97 Å². The lowest BCUT2D eigenvalue weighted by atomic mass is 9.93. The van der Waals surface area contributed by atoms with Crippen molar-refractivity contribution in [3.05, 3.63) is 107 Å². The molecule has 1 heterocycles. The van der Waals surface area contributed by atoms with Crippen molar-refractivity contribution >= 4 is 23.1 Å². The smallest absolute Gasteiger partial charge is 0.334 e. The molecule has 1 N–H and O–H groups in total. The zero-order chi connectivity index (χ0) is 24.8. The molecule has 3 aromatic rings. The van der Waals surface area contributed by atoms with E-state index in [1.54, 1.807) is 31.2 Å². The number of benzene rings is 3. The summed E-state index contributed by atoms with van der Waals surface area (Å²) < 4.78 is 33.2. The summed E-state index contributed by atoms with van der Waals surface area (Å²) in [7, 11) is 0. The van der Waals surface area contributed by atoms with Gasteiger partial charge in [0, 0.05) is 30.9 Å². The van der Waals surface area contributed by atoms with Crippen LogP contribution in [-0.2, 0) is 16.1 Å². The summed E-state index contributed by atoms with van der Waals surface area (Å²) in [5.74, 6) is -3.05. The molecule has 0 saturated carbocycles. The van der Waals surface area contributed by atoms with Crippen molar-refractivity contribution in [2.45, 2.75) is 19.9 Å². The molecule has 7 heteroatoms. The molecule has 3 aromatic carbocycles. The van der Waals surface area contributed by atoms with E-state index in [1.165, 1.54) is 11.6 Å². The van der Waals surface area contributed by atoms with Crippen molar-refractivity contribution in [3.63, 3.8) is 0 Å². The van der Waals surface area contributed by atoms with Gasteiger partial charge in [0.25, 0.3) is 5.91 Å². The lowest BCUT2D eigenvalue weighted by Gasteiger charge is -2.30. The molecule has 35 heavy (non-hydrogen) atoms. The summed E-state index contributed by atoms with van der Waals surface area (Å²) in [5.41, 5.74) is 3.26. The van der Waals surface area contributed by atoms with Crippen molar-refractivity contribution in [1.29, 1.82) is 0 Å². The summed E-state index contributed by atoms with van der Waals surface area (Å²) in [4.78, 5) is 27.3. The predicted molar refractivity (Wildman–Crippen MR) is 131 cm³/mol. The first-order valence-electron chi connectivity index (χ1n) is 11.5. The zero-order valence-electron chi connectivity index (χ0n) is 19.4. The molecule has 5 nitrogen and oxygen atoms in total. The Morgan fingerprint density at radius 2 is 1.63 bits per heavy atom. The van der Waals surface area contributed by atoms with Gasteiger partial charge in [0.2, 0.25) is 0 Å². The monoisotopic (exact) mass is 476 g/mol. The first-order valence-corrected chi connectivity index (χ1v) is 11.5. The number of amides is 1. The highest BCUT2D eigenvalue weighted by Crippen LogP contribution is 2.29. The summed E-state index contributed by atoms with van der Waals surface area (Å²) in [6.07, 6.45) is 0.562. The maximum Gasteiger partial charge on any atom is 0.334 e. The van der Waals surface area contributed by atoms with E-state index in [1.807, 2.05) is 18.2 Å². The summed E-state index contributed by atoms with van der Waals surface area (Å²) in [6, 6.07) is 20.3. The molecule has 0 bridgehead atoms. The Kier molecular flexibility index (Phi) is 7.67. The SMILES string of the molecule is CCOC(=O)C1=C(c2ccc(NC(=O)c3c(F)cccc3F)cc2)CN(Cc2ccccc2)CC1. The van der Waals surface area contributed by atoms with E-state index < -0.39 is 23.1 Å². The number of carbonyl (C=O) groups is 2. The highest BCUT2D eigenvalue weighted by molar-refractivity contribution is 6.05. The number of ether oxygens (including phenoxy) is 1. The van der Waals surface area contributed by atoms with Crippen LogP contribution in [0.4, 0.5) is 14.5 Å². The highest BCUT2D eigenvalue weighted by Gasteiger charge is 2.25. The van der Waals surface area contributed by atoms with Crippen LogP contribution in [0.25, 0.3) is 5.57 Å². The first-order chi connectivity index (χ1) is 17.0. The fourth-order valence-corrected chi connectivity index (χ4v) is 4.17.